The second-order valence-electron chi connectivity index (χ2n) is 10.4. The Morgan fingerprint density at radius 3 is 2.38 bits per heavy atom. The molecule has 0 saturated heterocycles. The maximum Gasteiger partial charge on any atom is 0.322 e. The second kappa shape index (κ2) is 11.9. The third-order valence-corrected chi connectivity index (χ3v) is 5.74. The van der Waals surface area contributed by atoms with Crippen LogP contribution in [0.5, 0.6) is 5.75 Å². The Labute approximate surface area is 217 Å². The predicted octanol–water partition coefficient (Wildman–Crippen LogP) is 5.84. The molecule has 0 saturated carbocycles. The number of ether oxygens (including phenoxy) is 1. The fourth-order valence-corrected chi connectivity index (χ4v) is 3.55. The zero-order valence-electron chi connectivity index (χ0n) is 22.3. The fourth-order valence-electron chi connectivity index (χ4n) is 3.55. The summed E-state index contributed by atoms with van der Waals surface area (Å²) in [5.74, 6) is 0.717. The lowest BCUT2D eigenvalue weighted by Gasteiger charge is -2.23. The molecule has 1 heterocycles. The molecule has 0 atom stereocenters. The predicted molar refractivity (Wildman–Crippen MR) is 144 cm³/mol. The molecule has 2 aromatic carbocycles. The number of methoxy groups -OCH3 is 1. The summed E-state index contributed by atoms with van der Waals surface area (Å²) in [4.78, 5) is 27.6. The summed E-state index contributed by atoms with van der Waals surface area (Å²) in [6, 6.07) is 14.4. The molecule has 0 radical (unpaired) electrons. The Hall–Kier alpha value is -3.88. The van der Waals surface area contributed by atoms with E-state index in [0.717, 1.165) is 11.4 Å². The van der Waals surface area contributed by atoms with Gasteiger partial charge in [-0.2, -0.15) is 5.10 Å². The summed E-state index contributed by atoms with van der Waals surface area (Å²) in [5, 5.41) is 10.3. The summed E-state index contributed by atoms with van der Waals surface area (Å²) < 4.78 is 20.5. The van der Waals surface area contributed by atoms with Gasteiger partial charge in [0.25, 0.3) is 0 Å². The number of amides is 3. The first kappa shape index (κ1) is 27.7. The van der Waals surface area contributed by atoms with Crippen molar-refractivity contribution in [3.63, 3.8) is 0 Å². The molecule has 0 aliphatic heterocycles. The smallest absolute Gasteiger partial charge is 0.322 e. The average molecular weight is 510 g/mol. The number of anilines is 2. The van der Waals surface area contributed by atoms with Crippen LogP contribution in [0.15, 0.2) is 54.6 Å². The number of nitrogens with one attached hydrogen (secondary N) is 2. The van der Waals surface area contributed by atoms with E-state index in [2.05, 4.69) is 10.6 Å². The van der Waals surface area contributed by atoms with Crippen molar-refractivity contribution in [2.24, 2.45) is 5.92 Å². The van der Waals surface area contributed by atoms with Crippen LogP contribution >= 0.6 is 0 Å². The summed E-state index contributed by atoms with van der Waals surface area (Å²) in [5.41, 5.74) is 1.64. The van der Waals surface area contributed by atoms with Crippen LogP contribution in [0, 0.1) is 11.7 Å². The van der Waals surface area contributed by atoms with Gasteiger partial charge < -0.3 is 20.3 Å². The number of nitrogens with zero attached hydrogens (tertiary/aromatic N) is 3. The molecule has 2 N–H and O–H groups in total. The van der Waals surface area contributed by atoms with Crippen LogP contribution in [0.4, 0.5) is 20.7 Å². The summed E-state index contributed by atoms with van der Waals surface area (Å²) in [6.07, 6.45) is 0.710. The van der Waals surface area contributed by atoms with E-state index in [4.69, 9.17) is 9.84 Å². The van der Waals surface area contributed by atoms with E-state index in [1.165, 1.54) is 23.1 Å². The molecular formula is C28H36FN5O3. The van der Waals surface area contributed by atoms with E-state index in [1.54, 1.807) is 17.9 Å². The number of benzene rings is 2. The highest BCUT2D eigenvalue weighted by atomic mass is 19.1. The maximum absolute atomic E-state index is 13.6. The molecule has 198 valence electrons. The number of aromatic nitrogens is 2. The van der Waals surface area contributed by atoms with Gasteiger partial charge in [-0.15, -0.1) is 0 Å². The van der Waals surface area contributed by atoms with Crippen LogP contribution in [0.1, 0.15) is 46.7 Å². The first-order valence-corrected chi connectivity index (χ1v) is 12.3. The minimum Gasteiger partial charge on any atom is -0.497 e. The zero-order chi connectivity index (χ0) is 27.2. The Bertz CT molecular complexity index is 1220. The van der Waals surface area contributed by atoms with Crippen LogP contribution in [-0.2, 0) is 10.2 Å². The molecule has 0 fully saturated rings. The molecule has 0 aliphatic carbocycles. The average Bonchev–Trinajstić information content (AvgIpc) is 3.26. The highest BCUT2D eigenvalue weighted by Gasteiger charge is 2.23. The van der Waals surface area contributed by atoms with E-state index in [9.17, 15) is 14.0 Å². The lowest BCUT2D eigenvalue weighted by Crippen LogP contribution is -2.41. The van der Waals surface area contributed by atoms with Crippen molar-refractivity contribution < 1.29 is 18.7 Å². The van der Waals surface area contributed by atoms with Crippen molar-refractivity contribution in [3.8, 4) is 11.4 Å². The van der Waals surface area contributed by atoms with Crippen LogP contribution in [-0.4, -0.2) is 46.8 Å². The lowest BCUT2D eigenvalue weighted by molar-refractivity contribution is -0.116. The number of halogens is 1. The van der Waals surface area contributed by atoms with Crippen molar-refractivity contribution >= 4 is 23.4 Å². The van der Waals surface area contributed by atoms with Gasteiger partial charge in [-0.3, -0.25) is 4.79 Å². The van der Waals surface area contributed by atoms with Gasteiger partial charge >= 0.3 is 6.03 Å². The van der Waals surface area contributed by atoms with Crippen LogP contribution in [0.3, 0.4) is 0 Å². The normalized spacial score (nSPS) is 11.4. The molecular weight excluding hydrogens is 473 g/mol. The standard InChI is InChI=1S/C28H36FN5O3/c1-19(2)14-15-33(27(36)30-21-9-7-8-20(29)16-21)18-26(35)31-25-17-24(28(3,4)5)32-34(25)22-10-12-23(37-6)13-11-22/h7-13,16-17,19H,14-15,18H2,1-6H3,(H,30,36)(H,31,35). The van der Waals surface area contributed by atoms with E-state index < -0.39 is 11.8 Å². The molecule has 0 spiro atoms. The van der Waals surface area contributed by atoms with E-state index in [0.29, 0.717) is 36.1 Å². The summed E-state index contributed by atoms with van der Waals surface area (Å²) in [6.45, 7) is 10.4. The van der Waals surface area contributed by atoms with Crippen molar-refractivity contribution in [1.82, 2.24) is 14.7 Å². The van der Waals surface area contributed by atoms with Gasteiger partial charge in [-0.05, 0) is 54.8 Å². The summed E-state index contributed by atoms with van der Waals surface area (Å²) in [7, 11) is 1.60. The number of carbonyl (C=O) groups excluding carboxylic acids is 2. The fraction of sp³-hybridized carbons (Fsp3) is 0.393. The lowest BCUT2D eigenvalue weighted by atomic mass is 9.92. The van der Waals surface area contributed by atoms with E-state index in [-0.39, 0.29) is 17.9 Å². The van der Waals surface area contributed by atoms with Gasteiger partial charge in [0.05, 0.1) is 18.5 Å². The van der Waals surface area contributed by atoms with E-state index in [1.807, 2.05) is 65.0 Å². The van der Waals surface area contributed by atoms with Gasteiger partial charge in [0.1, 0.15) is 23.9 Å². The maximum atomic E-state index is 13.6. The number of hydrogen-bond donors (Lipinski definition) is 2. The summed E-state index contributed by atoms with van der Waals surface area (Å²) >= 11 is 0. The van der Waals surface area contributed by atoms with Gasteiger partial charge in [0.15, 0.2) is 0 Å². The monoisotopic (exact) mass is 509 g/mol. The highest BCUT2D eigenvalue weighted by molar-refractivity contribution is 5.96. The number of urea groups is 1. The first-order valence-electron chi connectivity index (χ1n) is 12.3. The minimum absolute atomic E-state index is 0.174. The number of hydrogen-bond acceptors (Lipinski definition) is 4. The van der Waals surface area contributed by atoms with Crippen LogP contribution < -0.4 is 15.4 Å². The molecule has 0 unspecified atom stereocenters. The molecule has 0 bridgehead atoms. The van der Waals surface area contributed by atoms with Crippen molar-refractivity contribution in [2.75, 3.05) is 30.8 Å². The van der Waals surface area contributed by atoms with Crippen LogP contribution in [0.25, 0.3) is 5.69 Å². The van der Waals surface area contributed by atoms with Gasteiger partial charge in [-0.25, -0.2) is 13.9 Å². The van der Waals surface area contributed by atoms with Gasteiger partial charge in [-0.1, -0.05) is 40.7 Å². The molecule has 3 amide bonds. The van der Waals surface area contributed by atoms with Crippen LogP contribution in [0.2, 0.25) is 0 Å². The van der Waals surface area contributed by atoms with E-state index >= 15 is 0 Å². The Balaban J connectivity index is 1.82. The van der Waals surface area contributed by atoms with Gasteiger partial charge in [0, 0.05) is 23.7 Å². The Kier molecular flexibility index (Phi) is 8.91. The topological polar surface area (TPSA) is 88.5 Å². The molecule has 0 aliphatic rings. The van der Waals surface area contributed by atoms with Crippen molar-refractivity contribution in [2.45, 2.75) is 46.5 Å². The Morgan fingerprint density at radius 2 is 1.78 bits per heavy atom. The third-order valence-electron chi connectivity index (χ3n) is 5.74. The molecule has 9 heteroatoms. The van der Waals surface area contributed by atoms with Crippen molar-refractivity contribution in [1.29, 1.82) is 0 Å². The SMILES string of the molecule is COc1ccc(-n2nc(C(C)(C)C)cc2NC(=O)CN(CCC(C)C)C(=O)Nc2cccc(F)c2)cc1. The highest BCUT2D eigenvalue weighted by Crippen LogP contribution is 2.27. The Morgan fingerprint density at radius 1 is 1.08 bits per heavy atom. The number of carbonyl (C=O) groups is 2. The minimum atomic E-state index is -0.472. The molecule has 1 aromatic heterocycles. The first-order chi connectivity index (χ1) is 17.5. The molecule has 3 aromatic rings. The third kappa shape index (κ3) is 7.80. The number of rotatable bonds is 9. The second-order valence-corrected chi connectivity index (χ2v) is 10.4. The molecule has 8 nitrogen and oxygen atoms in total. The van der Waals surface area contributed by atoms with Gasteiger partial charge in [0.2, 0.25) is 5.91 Å². The molecule has 37 heavy (non-hydrogen) atoms. The zero-order valence-corrected chi connectivity index (χ0v) is 22.3. The molecule has 3 rings (SSSR count). The van der Waals surface area contributed by atoms with Crippen molar-refractivity contribution in [3.05, 3.63) is 66.1 Å². The largest absolute Gasteiger partial charge is 0.497 e. The quantitative estimate of drug-likeness (QED) is 0.380.